The van der Waals surface area contributed by atoms with Gasteiger partial charge in [0.05, 0.1) is 0 Å². The van der Waals surface area contributed by atoms with Gasteiger partial charge in [0.2, 0.25) is 0 Å². The fraction of sp³-hybridized carbons (Fsp3) is 0.133. The quantitative estimate of drug-likeness (QED) is 0.793. The van der Waals surface area contributed by atoms with Crippen LogP contribution >= 0.6 is 28.1 Å². The maximum Gasteiger partial charge on any atom is 0.124 e. The number of anilines is 2. The number of aryl methyl sites for hydroxylation is 2. The van der Waals surface area contributed by atoms with Crippen molar-refractivity contribution in [2.75, 3.05) is 5.32 Å². The molecule has 0 bridgehead atoms. The van der Waals surface area contributed by atoms with Gasteiger partial charge in [-0.2, -0.15) is 0 Å². The Morgan fingerprint density at radius 3 is 2.35 bits per heavy atom. The molecule has 2 rings (SSSR count). The highest BCUT2D eigenvalue weighted by atomic mass is 79.9. The lowest BCUT2D eigenvalue weighted by Crippen LogP contribution is -2.12. The largest absolute Gasteiger partial charge is 0.389 e. The van der Waals surface area contributed by atoms with Crippen LogP contribution in [0.2, 0.25) is 0 Å². The lowest BCUT2D eigenvalue weighted by Gasteiger charge is -2.16. The zero-order valence-corrected chi connectivity index (χ0v) is 13.5. The van der Waals surface area contributed by atoms with Gasteiger partial charge in [0.1, 0.15) is 10.8 Å². The lowest BCUT2D eigenvalue weighted by atomic mass is 10.1. The van der Waals surface area contributed by atoms with Crippen LogP contribution in [0, 0.1) is 19.7 Å². The summed E-state index contributed by atoms with van der Waals surface area (Å²) in [6.07, 6.45) is 0. The van der Waals surface area contributed by atoms with Crippen molar-refractivity contribution >= 4 is 44.5 Å². The van der Waals surface area contributed by atoms with E-state index in [1.54, 1.807) is 6.07 Å². The molecule has 0 aliphatic heterocycles. The van der Waals surface area contributed by atoms with Crippen LogP contribution in [-0.2, 0) is 0 Å². The maximum absolute atomic E-state index is 13.3. The van der Waals surface area contributed by atoms with Crippen molar-refractivity contribution in [2.45, 2.75) is 13.8 Å². The number of nitrogens with one attached hydrogen (secondary N) is 1. The Hall–Kier alpha value is -1.46. The Kier molecular flexibility index (Phi) is 4.40. The van der Waals surface area contributed by atoms with Gasteiger partial charge in [0.25, 0.3) is 0 Å². The molecule has 0 saturated heterocycles. The van der Waals surface area contributed by atoms with E-state index < -0.39 is 0 Å². The van der Waals surface area contributed by atoms with Crippen LogP contribution in [-0.4, -0.2) is 4.99 Å². The summed E-state index contributed by atoms with van der Waals surface area (Å²) in [7, 11) is 0. The molecule has 0 spiro atoms. The second kappa shape index (κ2) is 5.89. The summed E-state index contributed by atoms with van der Waals surface area (Å²) in [6.45, 7) is 4.01. The molecule has 0 saturated carbocycles. The third kappa shape index (κ3) is 3.16. The van der Waals surface area contributed by atoms with E-state index in [9.17, 15) is 4.39 Å². The molecular formula is C15H14BrFN2S. The van der Waals surface area contributed by atoms with Gasteiger partial charge >= 0.3 is 0 Å². The van der Waals surface area contributed by atoms with Crippen LogP contribution in [0.4, 0.5) is 15.8 Å². The zero-order valence-electron chi connectivity index (χ0n) is 11.1. The highest BCUT2D eigenvalue weighted by molar-refractivity contribution is 9.10. The molecule has 0 aliphatic rings. The maximum atomic E-state index is 13.3. The summed E-state index contributed by atoms with van der Waals surface area (Å²) >= 11 is 8.44. The second-order valence-electron chi connectivity index (χ2n) is 4.59. The molecule has 104 valence electrons. The van der Waals surface area contributed by atoms with E-state index in [0.717, 1.165) is 21.3 Å². The number of rotatable bonds is 3. The van der Waals surface area contributed by atoms with Crippen molar-refractivity contribution in [3.8, 4) is 0 Å². The van der Waals surface area contributed by atoms with E-state index in [1.165, 1.54) is 12.1 Å². The van der Waals surface area contributed by atoms with Gasteiger partial charge in [0, 0.05) is 21.4 Å². The van der Waals surface area contributed by atoms with E-state index in [-0.39, 0.29) is 10.8 Å². The van der Waals surface area contributed by atoms with Crippen LogP contribution in [0.5, 0.6) is 0 Å². The molecule has 20 heavy (non-hydrogen) atoms. The SMILES string of the molecule is Cc1cc(Br)cc(C)c1Nc1ccc(F)cc1C(N)=S. The van der Waals surface area contributed by atoms with Gasteiger partial charge in [-0.1, -0.05) is 28.1 Å². The van der Waals surface area contributed by atoms with Crippen molar-refractivity contribution in [1.29, 1.82) is 0 Å². The first-order valence-corrected chi connectivity index (χ1v) is 7.21. The third-order valence-corrected chi connectivity index (χ3v) is 3.68. The van der Waals surface area contributed by atoms with Crippen molar-refractivity contribution in [2.24, 2.45) is 5.73 Å². The molecule has 0 heterocycles. The first-order valence-electron chi connectivity index (χ1n) is 6.01. The number of benzene rings is 2. The second-order valence-corrected chi connectivity index (χ2v) is 5.95. The van der Waals surface area contributed by atoms with E-state index in [1.807, 2.05) is 26.0 Å². The Morgan fingerprint density at radius 1 is 1.20 bits per heavy atom. The Labute approximate surface area is 131 Å². The molecule has 5 heteroatoms. The monoisotopic (exact) mass is 352 g/mol. The molecule has 0 amide bonds. The molecular weight excluding hydrogens is 339 g/mol. The average molecular weight is 353 g/mol. The third-order valence-electron chi connectivity index (χ3n) is 3.00. The number of nitrogens with two attached hydrogens (primary N) is 1. The predicted molar refractivity (Wildman–Crippen MR) is 89.2 cm³/mol. The number of hydrogen-bond donors (Lipinski definition) is 2. The van der Waals surface area contributed by atoms with E-state index >= 15 is 0 Å². The lowest BCUT2D eigenvalue weighted by molar-refractivity contribution is 0.628. The molecule has 0 aliphatic carbocycles. The fourth-order valence-electron chi connectivity index (χ4n) is 2.07. The highest BCUT2D eigenvalue weighted by Crippen LogP contribution is 2.29. The Balaban J connectivity index is 2.48. The molecule has 0 fully saturated rings. The van der Waals surface area contributed by atoms with Crippen LogP contribution in [0.1, 0.15) is 16.7 Å². The standard InChI is InChI=1S/C15H14BrFN2S/c1-8-5-10(16)6-9(2)14(8)19-13-4-3-11(17)7-12(13)15(18)20/h3-7,19H,1-2H3,(H2,18,20). The summed E-state index contributed by atoms with van der Waals surface area (Å²) in [4.78, 5) is 0.166. The molecule has 0 unspecified atom stereocenters. The van der Waals surface area contributed by atoms with E-state index in [2.05, 4.69) is 21.2 Å². The number of thiocarbonyl (C=S) groups is 1. The van der Waals surface area contributed by atoms with Crippen LogP contribution in [0.15, 0.2) is 34.8 Å². The zero-order chi connectivity index (χ0) is 14.9. The normalized spacial score (nSPS) is 10.4. The molecule has 0 aromatic heterocycles. The molecule has 2 aromatic rings. The van der Waals surface area contributed by atoms with Gasteiger partial charge in [-0.15, -0.1) is 0 Å². The van der Waals surface area contributed by atoms with Crippen LogP contribution in [0.25, 0.3) is 0 Å². The van der Waals surface area contributed by atoms with Crippen molar-refractivity contribution in [3.05, 3.63) is 57.3 Å². The number of hydrogen-bond acceptors (Lipinski definition) is 2. The predicted octanol–water partition coefficient (Wildman–Crippen LogP) is 4.58. The molecule has 2 aromatic carbocycles. The molecule has 0 radical (unpaired) electrons. The highest BCUT2D eigenvalue weighted by Gasteiger charge is 2.10. The van der Waals surface area contributed by atoms with Crippen LogP contribution in [0.3, 0.4) is 0 Å². The fourth-order valence-corrected chi connectivity index (χ4v) is 2.93. The van der Waals surface area contributed by atoms with Crippen LogP contribution < -0.4 is 11.1 Å². The Bertz CT molecular complexity index is 663. The Morgan fingerprint density at radius 2 is 1.80 bits per heavy atom. The van der Waals surface area contributed by atoms with E-state index in [0.29, 0.717) is 11.3 Å². The van der Waals surface area contributed by atoms with Gasteiger partial charge in [0.15, 0.2) is 0 Å². The minimum Gasteiger partial charge on any atom is -0.389 e. The first kappa shape index (κ1) is 14.9. The van der Waals surface area contributed by atoms with Crippen molar-refractivity contribution in [3.63, 3.8) is 0 Å². The van der Waals surface area contributed by atoms with E-state index in [4.69, 9.17) is 18.0 Å². The average Bonchev–Trinajstić information content (AvgIpc) is 2.34. The smallest absolute Gasteiger partial charge is 0.124 e. The molecule has 3 N–H and O–H groups in total. The van der Waals surface area contributed by atoms with Gasteiger partial charge in [-0.25, -0.2) is 4.39 Å². The number of halogens is 2. The molecule has 2 nitrogen and oxygen atoms in total. The van der Waals surface area contributed by atoms with Gasteiger partial charge in [-0.05, 0) is 55.3 Å². The topological polar surface area (TPSA) is 38.0 Å². The summed E-state index contributed by atoms with van der Waals surface area (Å²) in [5.74, 6) is -0.359. The van der Waals surface area contributed by atoms with Gasteiger partial charge < -0.3 is 11.1 Å². The summed E-state index contributed by atoms with van der Waals surface area (Å²) in [6, 6.07) is 8.39. The summed E-state index contributed by atoms with van der Waals surface area (Å²) in [5.41, 5.74) is 9.98. The summed E-state index contributed by atoms with van der Waals surface area (Å²) in [5, 5.41) is 3.29. The summed E-state index contributed by atoms with van der Waals surface area (Å²) < 4.78 is 14.3. The van der Waals surface area contributed by atoms with Crippen molar-refractivity contribution < 1.29 is 4.39 Å². The first-order chi connectivity index (χ1) is 9.38. The van der Waals surface area contributed by atoms with Gasteiger partial charge in [-0.3, -0.25) is 0 Å². The molecule has 0 atom stereocenters. The van der Waals surface area contributed by atoms with Crippen molar-refractivity contribution in [1.82, 2.24) is 0 Å². The minimum atomic E-state index is -0.359. The minimum absolute atomic E-state index is 0.166.